The van der Waals surface area contributed by atoms with Gasteiger partial charge in [0.05, 0.1) is 25.5 Å². The maximum atomic E-state index is 5.52. The van der Waals surface area contributed by atoms with Gasteiger partial charge >= 0.3 is 0 Å². The Morgan fingerprint density at radius 3 is 2.61 bits per heavy atom. The summed E-state index contributed by atoms with van der Waals surface area (Å²) in [6, 6.07) is 7.73. The third-order valence-electron chi connectivity index (χ3n) is 4.41. The van der Waals surface area contributed by atoms with E-state index in [2.05, 4.69) is 35.2 Å². The van der Waals surface area contributed by atoms with Crippen molar-refractivity contribution in [3.8, 4) is 33.6 Å². The molecule has 0 amide bonds. The number of nitrogens with zero attached hydrogens (tertiary/aromatic N) is 6. The lowest BCUT2D eigenvalue weighted by molar-refractivity contribution is 0.395. The highest BCUT2D eigenvalue weighted by atomic mass is 32.1. The minimum Gasteiger partial charge on any atom is -0.497 e. The Morgan fingerprint density at radius 2 is 1.89 bits per heavy atom. The van der Waals surface area contributed by atoms with Gasteiger partial charge in [-0.1, -0.05) is 25.2 Å². The minimum atomic E-state index is 0.537. The fraction of sp³-hybridized carbons (Fsp3) is 0.368. The molecule has 4 rings (SSSR count). The molecule has 0 aliphatic carbocycles. The molecule has 146 valence electrons. The molecule has 3 aromatic heterocycles. The molecule has 0 aliphatic heterocycles. The smallest absolute Gasteiger partial charge is 0.235 e. The van der Waals surface area contributed by atoms with Crippen LogP contribution in [0.4, 0.5) is 0 Å². The molecule has 0 fully saturated rings. The van der Waals surface area contributed by atoms with E-state index in [1.165, 1.54) is 11.3 Å². The highest BCUT2D eigenvalue weighted by molar-refractivity contribution is 7.19. The van der Waals surface area contributed by atoms with Crippen LogP contribution in [0.1, 0.15) is 19.5 Å². The molecule has 0 aliphatic rings. The van der Waals surface area contributed by atoms with Gasteiger partial charge in [-0.15, -0.1) is 10.2 Å². The normalized spacial score (nSPS) is 11.5. The highest BCUT2D eigenvalue weighted by Gasteiger charge is 2.20. The van der Waals surface area contributed by atoms with Gasteiger partial charge in [-0.3, -0.25) is 4.68 Å². The quantitative estimate of drug-likeness (QED) is 0.495. The van der Waals surface area contributed by atoms with Crippen molar-refractivity contribution in [3.05, 3.63) is 30.0 Å². The molecule has 3 heterocycles. The standard InChI is InChI=1S/C19H22N6O2S/c1-11(2)8-12-9-15(24(3)22-12)17-20-21-19-25(17)23-18(28-19)14-7-6-13(26-4)10-16(14)27-5/h6-7,9-11H,8H2,1-5H3. The van der Waals surface area contributed by atoms with Gasteiger partial charge < -0.3 is 9.47 Å². The monoisotopic (exact) mass is 398 g/mol. The molecule has 0 radical (unpaired) electrons. The van der Waals surface area contributed by atoms with E-state index in [-0.39, 0.29) is 0 Å². The minimum absolute atomic E-state index is 0.537. The predicted molar refractivity (Wildman–Crippen MR) is 108 cm³/mol. The number of benzene rings is 1. The molecule has 28 heavy (non-hydrogen) atoms. The zero-order valence-electron chi connectivity index (χ0n) is 16.5. The number of aryl methyl sites for hydroxylation is 1. The number of aromatic nitrogens is 6. The zero-order valence-corrected chi connectivity index (χ0v) is 17.3. The molecule has 0 saturated carbocycles. The van der Waals surface area contributed by atoms with E-state index < -0.39 is 0 Å². The van der Waals surface area contributed by atoms with Crippen LogP contribution in [0, 0.1) is 5.92 Å². The van der Waals surface area contributed by atoms with Crippen LogP contribution in [0.2, 0.25) is 0 Å². The molecule has 0 saturated heterocycles. The first kappa shape index (κ1) is 18.4. The fourth-order valence-corrected chi connectivity index (χ4v) is 3.98. The van der Waals surface area contributed by atoms with Gasteiger partial charge in [0, 0.05) is 13.1 Å². The molecule has 0 bridgehead atoms. The summed E-state index contributed by atoms with van der Waals surface area (Å²) in [6.45, 7) is 4.36. The molecular formula is C19H22N6O2S. The van der Waals surface area contributed by atoms with Gasteiger partial charge in [-0.05, 0) is 30.5 Å². The SMILES string of the molecule is COc1ccc(-c2nn3c(-c4cc(CC(C)C)nn4C)nnc3s2)c(OC)c1. The number of fused-ring (bicyclic) bond motifs is 1. The molecule has 4 aromatic rings. The van der Waals surface area contributed by atoms with Gasteiger partial charge in [0.2, 0.25) is 10.8 Å². The van der Waals surface area contributed by atoms with Crippen molar-refractivity contribution in [1.82, 2.24) is 29.6 Å². The van der Waals surface area contributed by atoms with E-state index in [0.717, 1.165) is 39.1 Å². The van der Waals surface area contributed by atoms with E-state index in [1.54, 1.807) is 18.7 Å². The van der Waals surface area contributed by atoms with Gasteiger partial charge in [0.25, 0.3) is 0 Å². The van der Waals surface area contributed by atoms with Crippen LogP contribution in [0.25, 0.3) is 27.1 Å². The summed E-state index contributed by atoms with van der Waals surface area (Å²) < 4.78 is 14.4. The first-order chi connectivity index (χ1) is 13.5. The third kappa shape index (κ3) is 3.22. The van der Waals surface area contributed by atoms with Crippen molar-refractivity contribution < 1.29 is 9.47 Å². The Morgan fingerprint density at radius 1 is 1.07 bits per heavy atom. The van der Waals surface area contributed by atoms with E-state index >= 15 is 0 Å². The van der Waals surface area contributed by atoms with E-state index in [9.17, 15) is 0 Å². The van der Waals surface area contributed by atoms with Crippen molar-refractivity contribution in [2.24, 2.45) is 13.0 Å². The molecule has 0 spiro atoms. The van der Waals surface area contributed by atoms with Crippen LogP contribution < -0.4 is 9.47 Å². The van der Waals surface area contributed by atoms with E-state index in [4.69, 9.17) is 14.6 Å². The molecule has 1 aromatic carbocycles. The first-order valence-electron chi connectivity index (χ1n) is 8.98. The largest absolute Gasteiger partial charge is 0.497 e. The summed E-state index contributed by atoms with van der Waals surface area (Å²) in [5.41, 5.74) is 2.81. The second-order valence-corrected chi connectivity index (χ2v) is 7.89. The Kier molecular flexibility index (Phi) is 4.76. The summed E-state index contributed by atoms with van der Waals surface area (Å²) in [5.74, 6) is 2.65. The number of methoxy groups -OCH3 is 2. The Labute approximate surface area is 166 Å². The lowest BCUT2D eigenvalue weighted by Crippen LogP contribution is -1.99. The number of hydrogen-bond donors (Lipinski definition) is 0. The summed E-state index contributed by atoms with van der Waals surface area (Å²) in [7, 11) is 5.18. The van der Waals surface area contributed by atoms with Gasteiger partial charge in [-0.2, -0.15) is 14.7 Å². The van der Waals surface area contributed by atoms with Gasteiger partial charge in [0.1, 0.15) is 17.2 Å². The lowest BCUT2D eigenvalue weighted by Gasteiger charge is -2.07. The molecular weight excluding hydrogens is 376 g/mol. The summed E-state index contributed by atoms with van der Waals surface area (Å²) in [4.78, 5) is 0.717. The van der Waals surface area contributed by atoms with Crippen LogP contribution in [0.15, 0.2) is 24.3 Å². The van der Waals surface area contributed by atoms with Crippen LogP contribution in [-0.4, -0.2) is 43.8 Å². The van der Waals surface area contributed by atoms with Gasteiger partial charge in [0.15, 0.2) is 5.01 Å². The Hall–Kier alpha value is -2.94. The number of ether oxygens (including phenoxy) is 2. The Balaban J connectivity index is 1.77. The van der Waals surface area contributed by atoms with Crippen LogP contribution in [-0.2, 0) is 13.5 Å². The second-order valence-electron chi connectivity index (χ2n) is 6.93. The van der Waals surface area contributed by atoms with Crippen molar-refractivity contribution >= 4 is 16.3 Å². The highest BCUT2D eigenvalue weighted by Crippen LogP contribution is 2.36. The van der Waals surface area contributed by atoms with Gasteiger partial charge in [-0.25, -0.2) is 0 Å². The van der Waals surface area contributed by atoms with Crippen LogP contribution >= 0.6 is 11.3 Å². The second kappa shape index (κ2) is 7.23. The molecule has 0 unspecified atom stereocenters. The summed E-state index contributed by atoms with van der Waals surface area (Å²) >= 11 is 1.46. The number of hydrogen-bond acceptors (Lipinski definition) is 7. The molecule has 0 N–H and O–H groups in total. The summed E-state index contributed by atoms with van der Waals surface area (Å²) in [6.07, 6.45) is 0.918. The van der Waals surface area contributed by atoms with Crippen molar-refractivity contribution in [2.75, 3.05) is 14.2 Å². The first-order valence-corrected chi connectivity index (χ1v) is 9.79. The maximum absolute atomic E-state index is 5.52. The lowest BCUT2D eigenvalue weighted by atomic mass is 10.1. The summed E-state index contributed by atoms with van der Waals surface area (Å²) in [5, 5.41) is 18.8. The topological polar surface area (TPSA) is 79.4 Å². The maximum Gasteiger partial charge on any atom is 0.235 e. The van der Waals surface area contributed by atoms with Crippen molar-refractivity contribution in [1.29, 1.82) is 0 Å². The molecule has 8 nitrogen and oxygen atoms in total. The molecule has 0 atom stereocenters. The van der Waals surface area contributed by atoms with Crippen LogP contribution in [0.5, 0.6) is 11.5 Å². The average molecular weight is 398 g/mol. The molecule has 9 heteroatoms. The van der Waals surface area contributed by atoms with Crippen LogP contribution in [0.3, 0.4) is 0 Å². The van der Waals surface area contributed by atoms with E-state index in [1.807, 2.05) is 29.9 Å². The Bertz CT molecular complexity index is 1130. The van der Waals surface area contributed by atoms with Crippen molar-refractivity contribution in [3.63, 3.8) is 0 Å². The number of rotatable bonds is 6. The zero-order chi connectivity index (χ0) is 19.8. The fourth-order valence-electron chi connectivity index (χ4n) is 3.11. The predicted octanol–water partition coefficient (Wildman–Crippen LogP) is 3.47. The average Bonchev–Trinajstić information content (AvgIpc) is 3.34. The third-order valence-corrected chi connectivity index (χ3v) is 5.34. The van der Waals surface area contributed by atoms with Crippen molar-refractivity contribution in [2.45, 2.75) is 20.3 Å². The van der Waals surface area contributed by atoms with E-state index in [0.29, 0.717) is 17.5 Å².